The van der Waals surface area contributed by atoms with Crippen LogP contribution in [0.4, 0.5) is 0 Å². The van der Waals surface area contributed by atoms with Crippen LogP contribution in [0.3, 0.4) is 0 Å². The van der Waals surface area contributed by atoms with Gasteiger partial charge in [-0.05, 0) is 18.8 Å². The molecule has 0 saturated heterocycles. The monoisotopic (exact) mass is 220 g/mol. The molecule has 0 spiro atoms. The van der Waals surface area contributed by atoms with Gasteiger partial charge < -0.3 is 5.11 Å². The molecule has 3 N–H and O–H groups in total. The molecule has 0 saturated carbocycles. The molecular formula is C9H16O4S. The summed E-state index contributed by atoms with van der Waals surface area (Å²) in [5, 5.41) is 8.13. The van der Waals surface area contributed by atoms with Crippen molar-refractivity contribution in [3.8, 4) is 0 Å². The molecule has 1 rings (SSSR count). The largest absolute Gasteiger partial charge is 0.480 e. The van der Waals surface area contributed by atoms with E-state index in [9.17, 15) is 13.9 Å². The lowest BCUT2D eigenvalue weighted by molar-refractivity contribution is -0.134. The van der Waals surface area contributed by atoms with Crippen LogP contribution in [0.15, 0.2) is 12.2 Å². The highest BCUT2D eigenvalue weighted by Crippen LogP contribution is 2.48. The highest BCUT2D eigenvalue weighted by molar-refractivity contribution is 8.25. The highest BCUT2D eigenvalue weighted by Gasteiger charge is 2.28. The van der Waals surface area contributed by atoms with Gasteiger partial charge in [-0.3, -0.25) is 13.9 Å². The highest BCUT2D eigenvalue weighted by atomic mass is 32.3. The van der Waals surface area contributed by atoms with E-state index in [0.717, 1.165) is 6.42 Å². The van der Waals surface area contributed by atoms with Crippen LogP contribution in [0.5, 0.6) is 0 Å². The van der Waals surface area contributed by atoms with Gasteiger partial charge in [-0.25, -0.2) is 0 Å². The standard InChI is InChI=1S/C9H16O4S/c1-7-2-4-8(5-3-7)14(12,13)6-9(10)11/h2,4,7-8,12-13H,3,5-6H2,1H3,(H,10,11). The first-order valence-corrected chi connectivity index (χ1v) is 6.34. The van der Waals surface area contributed by atoms with E-state index in [1.165, 1.54) is 0 Å². The van der Waals surface area contributed by atoms with Crippen molar-refractivity contribution in [1.29, 1.82) is 0 Å². The summed E-state index contributed by atoms with van der Waals surface area (Å²) in [6.45, 7) is 2.05. The summed E-state index contributed by atoms with van der Waals surface area (Å²) in [5.74, 6) is -1.25. The van der Waals surface area contributed by atoms with Crippen molar-refractivity contribution in [2.45, 2.75) is 25.0 Å². The van der Waals surface area contributed by atoms with Crippen molar-refractivity contribution < 1.29 is 19.0 Å². The van der Waals surface area contributed by atoms with E-state index in [2.05, 4.69) is 6.92 Å². The maximum Gasteiger partial charge on any atom is 0.322 e. The van der Waals surface area contributed by atoms with E-state index in [1.807, 2.05) is 6.08 Å². The second-order valence-electron chi connectivity index (χ2n) is 3.73. The predicted octanol–water partition coefficient (Wildman–Crippen LogP) is 2.18. The molecule has 0 aromatic rings. The summed E-state index contributed by atoms with van der Waals surface area (Å²) >= 11 is 0. The first-order valence-electron chi connectivity index (χ1n) is 4.56. The summed E-state index contributed by atoms with van der Waals surface area (Å²) < 4.78 is 19.2. The van der Waals surface area contributed by atoms with Crippen LogP contribution in [0.1, 0.15) is 19.8 Å². The molecule has 0 amide bonds. The average Bonchev–Trinajstić information content (AvgIpc) is 2.02. The predicted molar refractivity (Wildman–Crippen MR) is 56.7 cm³/mol. The third-order valence-corrected chi connectivity index (χ3v) is 4.42. The lowest BCUT2D eigenvalue weighted by Crippen LogP contribution is -2.25. The Labute approximate surface area is 85.0 Å². The van der Waals surface area contributed by atoms with Crippen molar-refractivity contribution in [2.24, 2.45) is 5.92 Å². The number of hydrogen-bond acceptors (Lipinski definition) is 3. The minimum atomic E-state index is -2.99. The molecule has 2 unspecified atom stereocenters. The number of allylic oxidation sites excluding steroid dienone is 1. The van der Waals surface area contributed by atoms with Crippen LogP contribution >= 0.6 is 10.6 Å². The Morgan fingerprint density at radius 1 is 1.43 bits per heavy atom. The lowest BCUT2D eigenvalue weighted by Gasteiger charge is -2.39. The van der Waals surface area contributed by atoms with E-state index in [0.29, 0.717) is 12.3 Å². The van der Waals surface area contributed by atoms with E-state index in [4.69, 9.17) is 5.11 Å². The van der Waals surface area contributed by atoms with E-state index in [1.54, 1.807) is 6.08 Å². The van der Waals surface area contributed by atoms with Gasteiger partial charge in [-0.1, -0.05) is 19.1 Å². The molecule has 0 aliphatic heterocycles. The fourth-order valence-corrected chi connectivity index (χ4v) is 2.97. The fourth-order valence-electron chi connectivity index (χ4n) is 1.54. The molecule has 0 fully saturated rings. The Bertz CT molecular complexity index is 249. The molecule has 82 valence electrons. The van der Waals surface area contributed by atoms with Gasteiger partial charge in [0.25, 0.3) is 0 Å². The van der Waals surface area contributed by atoms with Gasteiger partial charge in [-0.2, -0.15) is 10.6 Å². The Balaban J connectivity index is 2.63. The zero-order valence-corrected chi connectivity index (χ0v) is 8.91. The molecule has 5 heteroatoms. The molecule has 0 aromatic heterocycles. The summed E-state index contributed by atoms with van der Waals surface area (Å²) in [7, 11) is -2.99. The molecule has 1 aliphatic rings. The number of carbonyl (C=O) groups is 1. The first kappa shape index (κ1) is 11.6. The zero-order chi connectivity index (χ0) is 10.8. The third-order valence-electron chi connectivity index (χ3n) is 2.38. The van der Waals surface area contributed by atoms with Crippen molar-refractivity contribution in [2.75, 3.05) is 5.75 Å². The lowest BCUT2D eigenvalue weighted by atomic mass is 9.98. The molecule has 2 atom stereocenters. The number of hydrogen-bond donors (Lipinski definition) is 3. The minimum absolute atomic E-state index is 0.380. The smallest absolute Gasteiger partial charge is 0.322 e. The van der Waals surface area contributed by atoms with Crippen LogP contribution in [-0.4, -0.2) is 31.2 Å². The van der Waals surface area contributed by atoms with Gasteiger partial charge in [-0.15, -0.1) is 0 Å². The number of carboxylic acid groups (broad SMARTS) is 1. The molecule has 0 aromatic carbocycles. The summed E-state index contributed by atoms with van der Waals surface area (Å²) in [6.07, 6.45) is 5.21. The van der Waals surface area contributed by atoms with E-state index >= 15 is 0 Å². The van der Waals surface area contributed by atoms with E-state index in [-0.39, 0.29) is 5.25 Å². The second kappa shape index (κ2) is 4.33. The Morgan fingerprint density at radius 3 is 2.50 bits per heavy atom. The molecule has 4 nitrogen and oxygen atoms in total. The van der Waals surface area contributed by atoms with Crippen LogP contribution < -0.4 is 0 Å². The Hall–Kier alpha value is -0.520. The topological polar surface area (TPSA) is 77.8 Å². The molecule has 0 bridgehead atoms. The van der Waals surface area contributed by atoms with Gasteiger partial charge in [0.1, 0.15) is 5.75 Å². The fraction of sp³-hybridized carbons (Fsp3) is 0.667. The number of carboxylic acids is 1. The third kappa shape index (κ3) is 3.01. The quantitative estimate of drug-likeness (QED) is 0.637. The minimum Gasteiger partial charge on any atom is -0.480 e. The van der Waals surface area contributed by atoms with E-state index < -0.39 is 22.3 Å². The van der Waals surface area contributed by atoms with Crippen molar-refractivity contribution in [1.82, 2.24) is 0 Å². The zero-order valence-electron chi connectivity index (χ0n) is 8.09. The molecule has 0 heterocycles. The summed E-state index contributed by atoms with van der Waals surface area (Å²) in [5.41, 5.74) is 0. The van der Waals surface area contributed by atoms with Crippen LogP contribution in [0.25, 0.3) is 0 Å². The number of rotatable bonds is 3. The molecule has 14 heavy (non-hydrogen) atoms. The first-order chi connectivity index (χ1) is 6.42. The summed E-state index contributed by atoms with van der Waals surface area (Å²) in [6, 6.07) is 0. The van der Waals surface area contributed by atoms with Crippen LogP contribution in [-0.2, 0) is 4.79 Å². The SMILES string of the molecule is CC1C=CC(S(O)(O)CC(=O)O)CC1. The second-order valence-corrected chi connectivity index (χ2v) is 6.06. The van der Waals surface area contributed by atoms with Gasteiger partial charge in [0.15, 0.2) is 0 Å². The van der Waals surface area contributed by atoms with Crippen LogP contribution in [0, 0.1) is 5.92 Å². The summed E-state index contributed by atoms with van der Waals surface area (Å²) in [4.78, 5) is 10.4. The van der Waals surface area contributed by atoms with Crippen molar-refractivity contribution >= 4 is 16.6 Å². The molecular weight excluding hydrogens is 204 g/mol. The average molecular weight is 220 g/mol. The van der Waals surface area contributed by atoms with Gasteiger partial charge >= 0.3 is 5.97 Å². The van der Waals surface area contributed by atoms with Crippen molar-refractivity contribution in [3.05, 3.63) is 12.2 Å². The van der Waals surface area contributed by atoms with Gasteiger partial charge in [0.05, 0.1) is 5.25 Å². The number of aliphatic carboxylic acids is 1. The van der Waals surface area contributed by atoms with Gasteiger partial charge in [0, 0.05) is 0 Å². The Kier molecular flexibility index (Phi) is 3.58. The molecule has 1 aliphatic carbocycles. The normalized spacial score (nSPS) is 28.8. The molecule has 0 radical (unpaired) electrons. The maximum atomic E-state index is 10.4. The van der Waals surface area contributed by atoms with Crippen LogP contribution in [0.2, 0.25) is 0 Å². The maximum absolute atomic E-state index is 10.4. The Morgan fingerprint density at radius 2 is 2.07 bits per heavy atom. The van der Waals surface area contributed by atoms with Gasteiger partial charge in [0.2, 0.25) is 0 Å². The van der Waals surface area contributed by atoms with Crippen molar-refractivity contribution in [3.63, 3.8) is 0 Å².